The number of carbonyl (C=O) groups excluding carboxylic acids is 1. The fourth-order valence-electron chi connectivity index (χ4n) is 3.53. The molecule has 1 aliphatic rings. The molecule has 7 nitrogen and oxygen atoms in total. The second kappa shape index (κ2) is 8.72. The molecular formula is C19H18F5N3O4S2. The van der Waals surface area contributed by atoms with E-state index in [0.29, 0.717) is 11.8 Å². The van der Waals surface area contributed by atoms with Gasteiger partial charge in [0.15, 0.2) is 16.6 Å². The topological polar surface area (TPSA) is 111 Å². The predicted molar refractivity (Wildman–Crippen MR) is 110 cm³/mol. The summed E-state index contributed by atoms with van der Waals surface area (Å²) in [5.74, 6) is -5.34. The smallest absolute Gasteiger partial charge is 0.403 e. The highest BCUT2D eigenvalue weighted by Gasteiger charge is 2.60. The molecule has 1 amide bonds. The van der Waals surface area contributed by atoms with E-state index in [9.17, 15) is 35.2 Å². The molecule has 2 aromatic rings. The van der Waals surface area contributed by atoms with Gasteiger partial charge in [-0.25, -0.2) is 22.9 Å². The van der Waals surface area contributed by atoms with Gasteiger partial charge in [-0.15, -0.1) is 11.8 Å². The van der Waals surface area contributed by atoms with E-state index in [4.69, 9.17) is 9.88 Å². The molecule has 0 bridgehead atoms. The van der Waals surface area contributed by atoms with Crippen LogP contribution in [0.1, 0.15) is 24.8 Å². The molecule has 1 aliphatic heterocycles. The van der Waals surface area contributed by atoms with Crippen LogP contribution in [0.4, 0.5) is 27.6 Å². The quantitative estimate of drug-likeness (QED) is 0.594. The molecule has 3 atom stereocenters. The lowest BCUT2D eigenvalue weighted by Gasteiger charge is -2.26. The number of rotatable bonds is 5. The van der Waals surface area contributed by atoms with Gasteiger partial charge in [-0.05, 0) is 25.5 Å². The van der Waals surface area contributed by atoms with Crippen LogP contribution in [0.15, 0.2) is 35.5 Å². The standard InChI is InChI=1S/C19H18F5N3O4S2/c1-18(19(22,23)24)8-11(10-3-4-12(20)14(21)15(10)31-2)16(32-18)17(28)27-9-5-6-26-13(7-9)33(25,29)30/h3-7,11,16H,8H2,1-2H3,(H2,25,29,30)(H,26,27,28). The van der Waals surface area contributed by atoms with Gasteiger partial charge in [0, 0.05) is 29.4 Å². The first-order chi connectivity index (χ1) is 15.2. The fourth-order valence-corrected chi connectivity index (χ4v) is 5.57. The van der Waals surface area contributed by atoms with Crippen LogP contribution in [0.3, 0.4) is 0 Å². The zero-order valence-electron chi connectivity index (χ0n) is 17.1. The molecule has 0 radical (unpaired) electrons. The first-order valence-electron chi connectivity index (χ1n) is 9.24. The minimum absolute atomic E-state index is 0.0729. The predicted octanol–water partition coefficient (Wildman–Crippen LogP) is 3.56. The summed E-state index contributed by atoms with van der Waals surface area (Å²) in [4.78, 5) is 16.6. The Labute approximate surface area is 189 Å². The molecule has 0 saturated carbocycles. The maximum Gasteiger partial charge on any atom is 0.403 e. The van der Waals surface area contributed by atoms with Gasteiger partial charge in [0.25, 0.3) is 10.0 Å². The molecule has 14 heteroatoms. The zero-order chi connectivity index (χ0) is 24.8. The van der Waals surface area contributed by atoms with Crippen molar-refractivity contribution in [2.45, 2.75) is 40.5 Å². The van der Waals surface area contributed by atoms with Crippen LogP contribution < -0.4 is 15.2 Å². The van der Waals surface area contributed by atoms with E-state index in [0.717, 1.165) is 38.4 Å². The third kappa shape index (κ3) is 4.92. The molecule has 3 rings (SSSR count). The summed E-state index contributed by atoms with van der Waals surface area (Å²) in [6.07, 6.45) is -4.28. The highest BCUT2D eigenvalue weighted by molar-refractivity contribution is 8.02. The number of thioether (sulfide) groups is 1. The van der Waals surface area contributed by atoms with Crippen molar-refractivity contribution < 1.29 is 39.9 Å². The number of anilines is 1. The normalized spacial score (nSPS) is 23.4. The number of amides is 1. The molecular weight excluding hydrogens is 493 g/mol. The molecule has 1 aromatic carbocycles. The van der Waals surface area contributed by atoms with Gasteiger partial charge < -0.3 is 10.1 Å². The molecule has 33 heavy (non-hydrogen) atoms. The third-order valence-electron chi connectivity index (χ3n) is 5.20. The van der Waals surface area contributed by atoms with Gasteiger partial charge in [-0.3, -0.25) is 4.79 Å². The summed E-state index contributed by atoms with van der Waals surface area (Å²) in [6.45, 7) is 0.913. The highest BCUT2D eigenvalue weighted by Crippen LogP contribution is 2.59. The summed E-state index contributed by atoms with van der Waals surface area (Å²) in [7, 11) is -3.16. The number of nitrogens with one attached hydrogen (secondary N) is 1. The van der Waals surface area contributed by atoms with Gasteiger partial charge in [-0.2, -0.15) is 17.6 Å². The molecule has 1 aromatic heterocycles. The number of hydrogen-bond donors (Lipinski definition) is 2. The largest absolute Gasteiger partial charge is 0.493 e. The lowest BCUT2D eigenvalue weighted by Crippen LogP contribution is -2.37. The van der Waals surface area contributed by atoms with Crippen molar-refractivity contribution in [2.75, 3.05) is 12.4 Å². The Kier molecular flexibility index (Phi) is 6.65. The number of carbonyl (C=O) groups is 1. The molecule has 2 heterocycles. The minimum atomic E-state index is -4.71. The molecule has 0 spiro atoms. The number of methoxy groups -OCH3 is 1. The van der Waals surface area contributed by atoms with Gasteiger partial charge in [0.05, 0.1) is 12.4 Å². The zero-order valence-corrected chi connectivity index (χ0v) is 18.7. The van der Waals surface area contributed by atoms with Crippen molar-refractivity contribution in [3.63, 3.8) is 0 Å². The van der Waals surface area contributed by atoms with E-state index >= 15 is 0 Å². The number of halogens is 5. The lowest BCUT2D eigenvalue weighted by molar-refractivity contribution is -0.155. The van der Waals surface area contributed by atoms with Crippen LogP contribution in [-0.4, -0.2) is 42.6 Å². The number of primary sulfonamides is 1. The van der Waals surface area contributed by atoms with E-state index in [-0.39, 0.29) is 11.3 Å². The van der Waals surface area contributed by atoms with E-state index in [2.05, 4.69) is 10.3 Å². The SMILES string of the molecule is COc1c(C2CC(C)(C(F)(F)F)SC2C(=O)Nc2ccnc(S(N)(=O)=O)c2)ccc(F)c1F. The van der Waals surface area contributed by atoms with Gasteiger partial charge in [0.1, 0.15) is 4.75 Å². The second-order valence-electron chi connectivity index (χ2n) is 7.48. The van der Waals surface area contributed by atoms with Crippen LogP contribution in [0, 0.1) is 11.6 Å². The highest BCUT2D eigenvalue weighted by atomic mass is 32.2. The van der Waals surface area contributed by atoms with Gasteiger partial charge in [-0.1, -0.05) is 6.07 Å². The fraction of sp³-hybridized carbons (Fsp3) is 0.368. The summed E-state index contributed by atoms with van der Waals surface area (Å²) in [6, 6.07) is 4.00. The Balaban J connectivity index is 2.02. The molecule has 1 saturated heterocycles. The van der Waals surface area contributed by atoms with Gasteiger partial charge >= 0.3 is 6.18 Å². The van der Waals surface area contributed by atoms with Crippen molar-refractivity contribution in [2.24, 2.45) is 5.14 Å². The number of aromatic nitrogens is 1. The van der Waals surface area contributed by atoms with Crippen LogP contribution in [0.25, 0.3) is 0 Å². The number of benzene rings is 1. The van der Waals surface area contributed by atoms with Crippen LogP contribution in [0.2, 0.25) is 0 Å². The monoisotopic (exact) mass is 511 g/mol. The molecule has 3 unspecified atom stereocenters. The summed E-state index contributed by atoms with van der Waals surface area (Å²) in [5, 5.41) is 5.40. The van der Waals surface area contributed by atoms with Crippen molar-refractivity contribution in [1.29, 1.82) is 0 Å². The Morgan fingerprint density at radius 2 is 1.97 bits per heavy atom. The van der Waals surface area contributed by atoms with E-state index in [1.165, 1.54) is 6.07 Å². The first-order valence-corrected chi connectivity index (χ1v) is 11.7. The first kappa shape index (κ1) is 25.2. The van der Waals surface area contributed by atoms with Crippen LogP contribution >= 0.6 is 11.8 Å². The number of nitrogens with zero attached hydrogens (tertiary/aromatic N) is 1. The number of nitrogens with two attached hydrogens (primary N) is 1. The van der Waals surface area contributed by atoms with Gasteiger partial charge in [0.2, 0.25) is 11.7 Å². The van der Waals surface area contributed by atoms with E-state index in [1.54, 1.807) is 0 Å². The van der Waals surface area contributed by atoms with Crippen molar-refractivity contribution in [3.8, 4) is 5.75 Å². The number of pyridine rings is 1. The maximum atomic E-state index is 14.3. The Morgan fingerprint density at radius 1 is 1.30 bits per heavy atom. The van der Waals surface area contributed by atoms with Crippen molar-refractivity contribution in [3.05, 3.63) is 47.7 Å². The average molecular weight is 511 g/mol. The van der Waals surface area contributed by atoms with Crippen molar-refractivity contribution >= 4 is 33.4 Å². The van der Waals surface area contributed by atoms with Crippen molar-refractivity contribution in [1.82, 2.24) is 4.98 Å². The summed E-state index contributed by atoms with van der Waals surface area (Å²) < 4.78 is 94.8. The molecule has 0 aliphatic carbocycles. The molecule has 1 fully saturated rings. The number of ether oxygens (including phenoxy) is 1. The maximum absolute atomic E-state index is 14.3. The third-order valence-corrected chi connectivity index (χ3v) is 7.72. The number of sulfonamides is 1. The molecule has 3 N–H and O–H groups in total. The summed E-state index contributed by atoms with van der Waals surface area (Å²) >= 11 is 0.322. The summed E-state index contributed by atoms with van der Waals surface area (Å²) in [5.41, 5.74) is -0.173. The van der Waals surface area contributed by atoms with Crippen LogP contribution in [0.5, 0.6) is 5.75 Å². The lowest BCUT2D eigenvalue weighted by atomic mass is 9.85. The Hall–Kier alpha value is -2.45. The minimum Gasteiger partial charge on any atom is -0.493 e. The Morgan fingerprint density at radius 3 is 2.55 bits per heavy atom. The van der Waals surface area contributed by atoms with E-state index < -0.39 is 66.9 Å². The van der Waals surface area contributed by atoms with Crippen LogP contribution in [-0.2, 0) is 14.8 Å². The Bertz CT molecular complexity index is 1190. The number of alkyl halides is 3. The number of hydrogen-bond acceptors (Lipinski definition) is 6. The average Bonchev–Trinajstić information content (AvgIpc) is 3.08. The van der Waals surface area contributed by atoms with E-state index in [1.807, 2.05) is 0 Å². The molecule has 180 valence electrons. The second-order valence-corrected chi connectivity index (χ2v) is 10.6.